The van der Waals surface area contributed by atoms with Crippen LogP contribution in [-0.2, 0) is 16.6 Å². The first kappa shape index (κ1) is 23.7. The quantitative estimate of drug-likeness (QED) is 0.347. The van der Waals surface area contributed by atoms with Gasteiger partial charge in [-0.2, -0.15) is 4.31 Å². The van der Waals surface area contributed by atoms with Gasteiger partial charge in [-0.3, -0.25) is 4.79 Å². The number of sulfonamides is 1. The summed E-state index contributed by atoms with van der Waals surface area (Å²) < 4.78 is 29.3. The zero-order valence-corrected chi connectivity index (χ0v) is 20.5. The summed E-state index contributed by atoms with van der Waals surface area (Å²) in [4.78, 5) is 12.8. The predicted molar refractivity (Wildman–Crippen MR) is 130 cm³/mol. The van der Waals surface area contributed by atoms with E-state index < -0.39 is 10.0 Å². The van der Waals surface area contributed by atoms with E-state index in [-0.39, 0.29) is 11.5 Å². The van der Waals surface area contributed by atoms with E-state index in [2.05, 4.69) is 10.2 Å². The van der Waals surface area contributed by atoms with E-state index in [1.807, 2.05) is 42.7 Å². The molecule has 0 atom stereocenters. The van der Waals surface area contributed by atoms with Gasteiger partial charge in [-0.05, 0) is 51.0 Å². The lowest BCUT2D eigenvalue weighted by atomic mass is 10.1. The number of Topliss-reactive ketones (excluding diaryl/α,β-unsaturated/α-hetero) is 1. The van der Waals surface area contributed by atoms with Crippen molar-refractivity contribution < 1.29 is 13.2 Å². The Hall–Kier alpha value is -2.49. The number of carbonyl (C=O) groups is 1. The second-order valence-electron chi connectivity index (χ2n) is 8.12. The fourth-order valence-electron chi connectivity index (χ4n) is 3.88. The molecule has 1 fully saturated rings. The number of hydrogen-bond acceptors (Lipinski definition) is 6. The molecule has 9 heteroatoms. The first-order valence-electron chi connectivity index (χ1n) is 11.2. The summed E-state index contributed by atoms with van der Waals surface area (Å²) in [5.74, 6) is 0.970. The Morgan fingerprint density at radius 3 is 2.27 bits per heavy atom. The fourth-order valence-corrected chi connectivity index (χ4v) is 6.29. The van der Waals surface area contributed by atoms with Crippen molar-refractivity contribution in [2.45, 2.75) is 49.7 Å². The number of nitrogens with zero attached hydrogens (tertiary/aromatic N) is 4. The lowest BCUT2D eigenvalue weighted by Gasteiger charge is -2.25. The van der Waals surface area contributed by atoms with Gasteiger partial charge in [0.25, 0.3) is 0 Å². The molecule has 0 bridgehead atoms. The highest BCUT2D eigenvalue weighted by atomic mass is 32.2. The number of benzene rings is 2. The number of aryl methyl sites for hydroxylation is 1. The summed E-state index contributed by atoms with van der Waals surface area (Å²) in [5.41, 5.74) is 2.59. The zero-order chi connectivity index (χ0) is 23.4. The number of ketones is 1. The number of carbonyl (C=O) groups excluding carboxylic acids is 1. The van der Waals surface area contributed by atoms with Crippen LogP contribution in [0.2, 0.25) is 0 Å². The maximum absolute atomic E-state index is 12.9. The minimum Gasteiger partial charge on any atom is -0.302 e. The molecule has 1 aliphatic rings. The number of thioether (sulfide) groups is 1. The molecule has 1 saturated heterocycles. The van der Waals surface area contributed by atoms with Crippen molar-refractivity contribution in [2.75, 3.05) is 18.8 Å². The molecule has 1 aliphatic heterocycles. The van der Waals surface area contributed by atoms with E-state index in [1.54, 1.807) is 28.6 Å². The first-order valence-corrected chi connectivity index (χ1v) is 13.6. The van der Waals surface area contributed by atoms with Crippen molar-refractivity contribution in [2.24, 2.45) is 0 Å². The first-order chi connectivity index (χ1) is 15.9. The Morgan fingerprint density at radius 1 is 0.970 bits per heavy atom. The molecule has 2 aromatic carbocycles. The molecule has 1 aromatic heterocycles. The highest BCUT2D eigenvalue weighted by molar-refractivity contribution is 7.99. The van der Waals surface area contributed by atoms with Gasteiger partial charge in [0.05, 0.1) is 10.6 Å². The lowest BCUT2D eigenvalue weighted by Crippen LogP contribution is -2.35. The van der Waals surface area contributed by atoms with Gasteiger partial charge in [0, 0.05) is 30.8 Å². The third-order valence-corrected chi connectivity index (χ3v) is 8.68. The Balaban J connectivity index is 1.49. The van der Waals surface area contributed by atoms with Gasteiger partial charge in [-0.25, -0.2) is 8.42 Å². The van der Waals surface area contributed by atoms with Gasteiger partial charge in [-0.1, -0.05) is 48.0 Å². The van der Waals surface area contributed by atoms with Crippen LogP contribution >= 0.6 is 11.8 Å². The van der Waals surface area contributed by atoms with Gasteiger partial charge in [0.1, 0.15) is 0 Å². The van der Waals surface area contributed by atoms with Crippen LogP contribution in [0.15, 0.2) is 58.6 Å². The Labute approximate surface area is 199 Å². The number of rotatable bonds is 8. The Morgan fingerprint density at radius 2 is 1.64 bits per heavy atom. The monoisotopic (exact) mass is 484 g/mol. The summed E-state index contributed by atoms with van der Waals surface area (Å²) in [5, 5.41) is 9.27. The summed E-state index contributed by atoms with van der Waals surface area (Å²) in [7, 11) is -3.47. The smallest absolute Gasteiger partial charge is 0.243 e. The normalized spacial score (nSPS) is 15.0. The molecular formula is C24H28N4O3S2. The van der Waals surface area contributed by atoms with Crippen molar-refractivity contribution in [1.82, 2.24) is 19.1 Å². The summed E-state index contributed by atoms with van der Waals surface area (Å²) in [6, 6.07) is 14.4. The van der Waals surface area contributed by atoms with Crippen molar-refractivity contribution in [3.05, 3.63) is 59.7 Å². The molecule has 0 saturated carbocycles. The van der Waals surface area contributed by atoms with Crippen LogP contribution in [0.5, 0.6) is 0 Å². The van der Waals surface area contributed by atoms with E-state index in [1.165, 1.54) is 11.8 Å². The highest BCUT2D eigenvalue weighted by Crippen LogP contribution is 2.27. The average Bonchev–Trinajstić information content (AvgIpc) is 3.26. The maximum Gasteiger partial charge on any atom is 0.243 e. The number of aromatic nitrogens is 3. The van der Waals surface area contributed by atoms with Crippen LogP contribution in [0, 0.1) is 6.92 Å². The van der Waals surface area contributed by atoms with Crippen LogP contribution in [0.1, 0.15) is 42.1 Å². The highest BCUT2D eigenvalue weighted by Gasteiger charge is 2.26. The van der Waals surface area contributed by atoms with Gasteiger partial charge in [0.2, 0.25) is 10.0 Å². The average molecular weight is 485 g/mol. The van der Waals surface area contributed by atoms with Gasteiger partial charge >= 0.3 is 0 Å². The maximum atomic E-state index is 12.9. The molecular weight excluding hydrogens is 456 g/mol. The van der Waals surface area contributed by atoms with Crippen molar-refractivity contribution in [1.29, 1.82) is 0 Å². The molecule has 0 radical (unpaired) electrons. The minimum atomic E-state index is -3.47. The summed E-state index contributed by atoms with van der Waals surface area (Å²) in [6.07, 6.45) is 2.89. The van der Waals surface area contributed by atoms with Crippen LogP contribution in [0.3, 0.4) is 0 Å². The summed E-state index contributed by atoms with van der Waals surface area (Å²) in [6.45, 7) is 5.78. The van der Waals surface area contributed by atoms with E-state index in [4.69, 9.17) is 0 Å². The number of hydrogen-bond donors (Lipinski definition) is 0. The Bertz CT molecular complexity index is 1210. The predicted octanol–water partition coefficient (Wildman–Crippen LogP) is 4.42. The zero-order valence-electron chi connectivity index (χ0n) is 18.9. The lowest BCUT2D eigenvalue weighted by molar-refractivity contribution is 0.102. The topological polar surface area (TPSA) is 85.2 Å². The van der Waals surface area contributed by atoms with Gasteiger partial charge < -0.3 is 4.57 Å². The standard InChI is InChI=1S/C24H28N4O3S2/c1-3-28-23(25-26-24(28)32-17-22(29)19-9-7-18(2)8-10-19)20-11-13-21(14-12-20)33(30,31)27-15-5-4-6-16-27/h7-14H,3-6,15-17H2,1-2H3. The molecule has 2 heterocycles. The van der Waals surface area contributed by atoms with Crippen LogP contribution < -0.4 is 0 Å². The molecule has 174 valence electrons. The Kier molecular flexibility index (Phi) is 7.31. The third kappa shape index (κ3) is 5.20. The second-order valence-corrected chi connectivity index (χ2v) is 11.0. The molecule has 33 heavy (non-hydrogen) atoms. The van der Waals surface area contributed by atoms with Crippen LogP contribution in [0.25, 0.3) is 11.4 Å². The second kappa shape index (κ2) is 10.2. The van der Waals surface area contributed by atoms with Crippen molar-refractivity contribution >= 4 is 27.6 Å². The van der Waals surface area contributed by atoms with E-state index in [0.29, 0.717) is 41.1 Å². The third-order valence-electron chi connectivity index (χ3n) is 5.80. The molecule has 3 aromatic rings. The molecule has 7 nitrogen and oxygen atoms in total. The SMILES string of the molecule is CCn1c(SCC(=O)c2ccc(C)cc2)nnc1-c1ccc(S(=O)(=O)N2CCCCC2)cc1. The van der Waals surface area contributed by atoms with E-state index >= 15 is 0 Å². The molecule has 0 spiro atoms. The molecule has 4 rings (SSSR count). The largest absolute Gasteiger partial charge is 0.302 e. The molecule has 0 aliphatic carbocycles. The fraction of sp³-hybridized carbons (Fsp3) is 0.375. The van der Waals surface area contributed by atoms with Gasteiger partial charge in [-0.15, -0.1) is 10.2 Å². The van der Waals surface area contributed by atoms with Gasteiger partial charge in [0.15, 0.2) is 16.8 Å². The van der Waals surface area contributed by atoms with Crippen molar-refractivity contribution in [3.63, 3.8) is 0 Å². The van der Waals surface area contributed by atoms with Crippen molar-refractivity contribution in [3.8, 4) is 11.4 Å². The van der Waals surface area contributed by atoms with Crippen LogP contribution in [-0.4, -0.2) is 52.1 Å². The molecule has 0 amide bonds. The minimum absolute atomic E-state index is 0.0412. The van der Waals surface area contributed by atoms with E-state index in [0.717, 1.165) is 30.4 Å². The van der Waals surface area contributed by atoms with E-state index in [9.17, 15) is 13.2 Å². The molecule has 0 N–H and O–H groups in total. The summed E-state index contributed by atoms with van der Waals surface area (Å²) >= 11 is 1.36. The molecule has 0 unspecified atom stereocenters. The van der Waals surface area contributed by atoms with Crippen LogP contribution in [0.4, 0.5) is 0 Å². The number of piperidine rings is 1.